The molecule has 0 saturated heterocycles. The fourth-order valence-electron chi connectivity index (χ4n) is 6.55. The monoisotopic (exact) mass is 350 g/mol. The van der Waals surface area contributed by atoms with Crippen LogP contribution >= 0.6 is 0 Å². The van der Waals surface area contributed by atoms with Crippen molar-refractivity contribution in [2.75, 3.05) is 0 Å². The van der Waals surface area contributed by atoms with Gasteiger partial charge in [0.25, 0.3) is 0 Å². The van der Waals surface area contributed by atoms with Gasteiger partial charge in [0.2, 0.25) is 0 Å². The predicted molar refractivity (Wildman–Crippen MR) is 104 cm³/mol. The normalized spacial score (nSPS) is 37.6. The Kier molecular flexibility index (Phi) is 4.69. The van der Waals surface area contributed by atoms with E-state index in [2.05, 4.69) is 55.4 Å². The summed E-state index contributed by atoms with van der Waals surface area (Å²) in [6, 6.07) is 0. The van der Waals surface area contributed by atoms with Crippen LogP contribution in [-0.4, -0.2) is 17.0 Å². The van der Waals surface area contributed by atoms with Crippen LogP contribution in [-0.2, 0) is 4.74 Å². The molecule has 0 spiro atoms. The van der Waals surface area contributed by atoms with Gasteiger partial charge in [-0.2, -0.15) is 0 Å². The lowest BCUT2D eigenvalue weighted by molar-refractivity contribution is -0.257. The zero-order valence-corrected chi connectivity index (χ0v) is 18.0. The fourth-order valence-corrected chi connectivity index (χ4v) is 6.55. The summed E-state index contributed by atoms with van der Waals surface area (Å²) in [5, 5.41) is 11.2. The molecule has 4 saturated carbocycles. The first-order valence-corrected chi connectivity index (χ1v) is 10.6. The summed E-state index contributed by atoms with van der Waals surface area (Å²) in [5.74, 6) is 2.95. The Morgan fingerprint density at radius 1 is 0.920 bits per heavy atom. The standard InChI is InChI=1S/C23H42O2/c1-20(2,3)14-18(21(4,5)6)19(24)25-22(7,8)23-11-15-9-16(12-23)17(10-15)13-23/h15-19,24H,9-14H2,1-8H3. The summed E-state index contributed by atoms with van der Waals surface area (Å²) in [4.78, 5) is 0. The minimum absolute atomic E-state index is 0.0351. The third-order valence-corrected chi connectivity index (χ3v) is 7.91. The number of rotatable bonds is 5. The van der Waals surface area contributed by atoms with Crippen LogP contribution < -0.4 is 0 Å². The first kappa shape index (κ1) is 19.7. The van der Waals surface area contributed by atoms with Crippen molar-refractivity contribution in [2.24, 2.45) is 39.9 Å². The van der Waals surface area contributed by atoms with Crippen molar-refractivity contribution >= 4 is 0 Å². The third kappa shape index (κ3) is 3.68. The molecule has 0 amide bonds. The lowest BCUT2D eigenvalue weighted by Gasteiger charge is -2.51. The summed E-state index contributed by atoms with van der Waals surface area (Å²) in [7, 11) is 0. The minimum Gasteiger partial charge on any atom is -0.368 e. The average molecular weight is 351 g/mol. The van der Waals surface area contributed by atoms with Crippen molar-refractivity contribution in [1.82, 2.24) is 0 Å². The van der Waals surface area contributed by atoms with Gasteiger partial charge in [-0.05, 0) is 86.4 Å². The highest BCUT2D eigenvalue weighted by molar-refractivity contribution is 5.11. The van der Waals surface area contributed by atoms with Crippen LogP contribution in [0.1, 0.15) is 93.9 Å². The van der Waals surface area contributed by atoms with Crippen LogP contribution in [0.25, 0.3) is 0 Å². The Morgan fingerprint density at radius 3 is 1.84 bits per heavy atom. The van der Waals surface area contributed by atoms with E-state index in [-0.39, 0.29) is 22.3 Å². The van der Waals surface area contributed by atoms with E-state index < -0.39 is 6.29 Å². The van der Waals surface area contributed by atoms with E-state index in [1.54, 1.807) is 0 Å². The van der Waals surface area contributed by atoms with Crippen molar-refractivity contribution in [3.05, 3.63) is 0 Å². The van der Waals surface area contributed by atoms with Gasteiger partial charge in [0.15, 0.2) is 6.29 Å². The SMILES string of the molecule is CC(C)(C)CC(C(O)OC(C)(C)C12CC3CC(C1)C(C3)C2)C(C)(C)C. The van der Waals surface area contributed by atoms with Crippen molar-refractivity contribution in [2.45, 2.75) is 106 Å². The van der Waals surface area contributed by atoms with Gasteiger partial charge >= 0.3 is 0 Å². The quantitative estimate of drug-likeness (QED) is 0.614. The van der Waals surface area contributed by atoms with Crippen molar-refractivity contribution in [3.8, 4) is 0 Å². The molecule has 4 bridgehead atoms. The Hall–Kier alpha value is -0.0800. The maximum absolute atomic E-state index is 11.2. The fraction of sp³-hybridized carbons (Fsp3) is 1.00. The molecule has 2 heteroatoms. The van der Waals surface area contributed by atoms with Gasteiger partial charge in [0.05, 0.1) is 5.60 Å². The van der Waals surface area contributed by atoms with Crippen LogP contribution in [0.5, 0.6) is 0 Å². The molecule has 4 unspecified atom stereocenters. The van der Waals surface area contributed by atoms with Gasteiger partial charge in [0.1, 0.15) is 0 Å². The van der Waals surface area contributed by atoms with Crippen molar-refractivity contribution in [1.29, 1.82) is 0 Å². The van der Waals surface area contributed by atoms with Gasteiger partial charge in [-0.3, -0.25) is 0 Å². The second-order valence-electron chi connectivity index (χ2n) is 12.5. The van der Waals surface area contributed by atoms with Crippen molar-refractivity contribution < 1.29 is 9.84 Å². The van der Waals surface area contributed by atoms with E-state index >= 15 is 0 Å². The largest absolute Gasteiger partial charge is 0.368 e. The lowest BCUT2D eigenvalue weighted by atomic mass is 9.61. The molecule has 4 rings (SSSR count). The summed E-state index contributed by atoms with van der Waals surface area (Å²) >= 11 is 0. The lowest BCUT2D eigenvalue weighted by Crippen LogP contribution is -2.51. The molecule has 0 aromatic carbocycles. The summed E-state index contributed by atoms with van der Waals surface area (Å²) in [6.07, 6.45) is 7.19. The number of hydrogen-bond donors (Lipinski definition) is 1. The molecule has 2 nitrogen and oxygen atoms in total. The second kappa shape index (κ2) is 5.96. The van der Waals surface area contributed by atoms with Gasteiger partial charge < -0.3 is 9.84 Å². The highest BCUT2D eigenvalue weighted by Gasteiger charge is 2.62. The van der Waals surface area contributed by atoms with Crippen molar-refractivity contribution in [3.63, 3.8) is 0 Å². The Labute approximate surface area is 156 Å². The molecule has 0 heterocycles. The van der Waals surface area contributed by atoms with Gasteiger partial charge in [-0.15, -0.1) is 0 Å². The molecule has 0 radical (unpaired) electrons. The molecular formula is C23H42O2. The Morgan fingerprint density at radius 2 is 1.44 bits per heavy atom. The molecule has 4 atom stereocenters. The van der Waals surface area contributed by atoms with E-state index in [1.165, 1.54) is 32.1 Å². The van der Waals surface area contributed by atoms with Gasteiger partial charge in [0, 0.05) is 5.92 Å². The molecule has 4 aliphatic carbocycles. The molecule has 0 aromatic heterocycles. The molecular weight excluding hydrogens is 308 g/mol. The minimum atomic E-state index is -0.680. The zero-order chi connectivity index (χ0) is 18.8. The highest BCUT2D eigenvalue weighted by Crippen LogP contribution is 2.68. The highest BCUT2D eigenvalue weighted by atomic mass is 16.6. The van der Waals surface area contributed by atoms with Gasteiger partial charge in [-0.25, -0.2) is 0 Å². The van der Waals surface area contributed by atoms with Gasteiger partial charge in [-0.1, -0.05) is 41.5 Å². The smallest absolute Gasteiger partial charge is 0.158 e. The maximum atomic E-state index is 11.2. The average Bonchev–Trinajstić information content (AvgIpc) is 2.81. The summed E-state index contributed by atoms with van der Waals surface area (Å²) < 4.78 is 6.56. The molecule has 0 aromatic rings. The van der Waals surface area contributed by atoms with Crippen LogP contribution in [0, 0.1) is 39.9 Å². The number of hydrogen-bond acceptors (Lipinski definition) is 2. The molecule has 0 aliphatic heterocycles. The van der Waals surface area contributed by atoms with Crippen LogP contribution in [0.3, 0.4) is 0 Å². The van der Waals surface area contributed by atoms with Crippen LogP contribution in [0.15, 0.2) is 0 Å². The van der Waals surface area contributed by atoms with Crippen LogP contribution in [0.4, 0.5) is 0 Å². The Bertz CT molecular complexity index is 474. The van der Waals surface area contributed by atoms with E-state index in [0.29, 0.717) is 5.41 Å². The predicted octanol–water partition coefficient (Wildman–Crippen LogP) is 6.02. The molecule has 146 valence electrons. The first-order valence-electron chi connectivity index (χ1n) is 10.6. The number of aliphatic hydroxyl groups is 1. The summed E-state index contributed by atoms with van der Waals surface area (Å²) in [6.45, 7) is 18.0. The summed E-state index contributed by atoms with van der Waals surface area (Å²) in [5.41, 5.74) is 0.289. The third-order valence-electron chi connectivity index (χ3n) is 7.91. The second-order valence-corrected chi connectivity index (χ2v) is 12.5. The van der Waals surface area contributed by atoms with E-state index in [9.17, 15) is 5.11 Å². The van der Waals surface area contributed by atoms with Crippen LogP contribution in [0.2, 0.25) is 0 Å². The number of ether oxygens (including phenoxy) is 1. The first-order chi connectivity index (χ1) is 11.2. The van der Waals surface area contributed by atoms with E-state index in [1.807, 2.05) is 0 Å². The van der Waals surface area contributed by atoms with E-state index in [4.69, 9.17) is 4.74 Å². The van der Waals surface area contributed by atoms with E-state index in [0.717, 1.165) is 24.2 Å². The number of aliphatic hydroxyl groups excluding tert-OH is 1. The Balaban J connectivity index is 1.75. The molecule has 25 heavy (non-hydrogen) atoms. The molecule has 1 N–H and O–H groups in total. The molecule has 4 aliphatic rings. The molecule has 4 fully saturated rings. The topological polar surface area (TPSA) is 29.5 Å². The maximum Gasteiger partial charge on any atom is 0.158 e. The zero-order valence-electron chi connectivity index (χ0n) is 18.0.